The molecule has 0 unspecified atom stereocenters. The maximum atomic E-state index is 12.5. The van der Waals surface area contributed by atoms with Gasteiger partial charge in [0.25, 0.3) is 0 Å². The van der Waals surface area contributed by atoms with Crippen molar-refractivity contribution in [3.8, 4) is 0 Å². The molecule has 0 aliphatic carbocycles. The fourth-order valence-electron chi connectivity index (χ4n) is 2.84. The van der Waals surface area contributed by atoms with Crippen LogP contribution in [0.15, 0.2) is 34.2 Å². The molecule has 134 valence electrons. The monoisotopic (exact) mass is 351 g/mol. The molecule has 1 fully saturated rings. The molecule has 1 aromatic carbocycles. The highest BCUT2D eigenvalue weighted by Crippen LogP contribution is 2.23. The average molecular weight is 352 g/mol. The third-order valence-corrected chi connectivity index (χ3v) is 6.08. The van der Waals surface area contributed by atoms with Crippen molar-refractivity contribution in [3.05, 3.63) is 29.8 Å². The van der Waals surface area contributed by atoms with E-state index in [2.05, 4.69) is 36.0 Å². The number of hydrogen-bond donors (Lipinski definition) is 1. The zero-order valence-electron chi connectivity index (χ0n) is 15.2. The van der Waals surface area contributed by atoms with Gasteiger partial charge in [0.05, 0.1) is 10.6 Å². The Bertz CT molecular complexity index is 667. The first-order chi connectivity index (χ1) is 11.2. The van der Waals surface area contributed by atoms with Crippen LogP contribution in [0.4, 0.5) is 0 Å². The van der Waals surface area contributed by atoms with E-state index in [0.717, 1.165) is 24.6 Å². The van der Waals surface area contributed by atoms with E-state index in [-0.39, 0.29) is 11.2 Å². The largest absolute Gasteiger partial charge is 0.355 e. The van der Waals surface area contributed by atoms with Crippen LogP contribution in [0.3, 0.4) is 0 Å². The van der Waals surface area contributed by atoms with Gasteiger partial charge < -0.3 is 10.2 Å². The molecule has 6 heteroatoms. The van der Waals surface area contributed by atoms with Gasteiger partial charge >= 0.3 is 0 Å². The minimum Gasteiger partial charge on any atom is -0.355 e. The summed E-state index contributed by atoms with van der Waals surface area (Å²) in [5, 5.41) is 3.17. The van der Waals surface area contributed by atoms with Crippen LogP contribution >= 0.6 is 0 Å². The zero-order valence-corrected chi connectivity index (χ0v) is 16.0. The molecule has 24 heavy (non-hydrogen) atoms. The number of sulfone groups is 1. The third-order valence-electron chi connectivity index (χ3n) is 4.35. The van der Waals surface area contributed by atoms with Crippen molar-refractivity contribution in [1.82, 2.24) is 10.2 Å². The minimum atomic E-state index is -3.29. The summed E-state index contributed by atoms with van der Waals surface area (Å²) >= 11 is 0. The summed E-state index contributed by atoms with van der Waals surface area (Å²) in [6, 6.07) is 7.24. The lowest BCUT2D eigenvalue weighted by Crippen LogP contribution is -2.41. The lowest BCUT2D eigenvalue weighted by Gasteiger charge is -2.21. The second kappa shape index (κ2) is 7.55. The van der Waals surface area contributed by atoms with Crippen LogP contribution in [0.2, 0.25) is 0 Å². The van der Waals surface area contributed by atoms with Crippen molar-refractivity contribution < 1.29 is 8.42 Å². The molecule has 0 bridgehead atoms. The molecule has 0 aromatic heterocycles. The Labute approximate surface area is 146 Å². The zero-order chi connectivity index (χ0) is 17.8. The quantitative estimate of drug-likeness (QED) is 0.668. The van der Waals surface area contributed by atoms with E-state index in [1.165, 1.54) is 12.8 Å². The summed E-state index contributed by atoms with van der Waals surface area (Å²) < 4.78 is 25.0. The molecule has 1 aliphatic heterocycles. The predicted octanol–water partition coefficient (Wildman–Crippen LogP) is 2.43. The molecule has 0 spiro atoms. The number of aliphatic imine (C=N–C) groups is 1. The van der Waals surface area contributed by atoms with E-state index >= 15 is 0 Å². The van der Waals surface area contributed by atoms with Gasteiger partial charge in [0, 0.05) is 26.7 Å². The molecule has 1 saturated heterocycles. The molecule has 1 aliphatic rings. The molecule has 1 aromatic rings. The summed E-state index contributed by atoms with van der Waals surface area (Å²) in [5.74, 6) is 0.861. The first kappa shape index (κ1) is 18.8. The van der Waals surface area contributed by atoms with Gasteiger partial charge in [-0.2, -0.15) is 0 Å². The van der Waals surface area contributed by atoms with E-state index in [4.69, 9.17) is 0 Å². The van der Waals surface area contributed by atoms with Gasteiger partial charge in [-0.05, 0) is 36.0 Å². The highest BCUT2D eigenvalue weighted by molar-refractivity contribution is 7.91. The topological polar surface area (TPSA) is 61.8 Å². The van der Waals surface area contributed by atoms with Crippen LogP contribution in [-0.4, -0.2) is 51.7 Å². The molecule has 0 radical (unpaired) electrons. The second-order valence-corrected chi connectivity index (χ2v) is 9.37. The molecule has 2 rings (SSSR count). The van der Waals surface area contributed by atoms with Gasteiger partial charge in [0.1, 0.15) is 0 Å². The van der Waals surface area contributed by atoms with Gasteiger partial charge in [0.15, 0.2) is 15.8 Å². The Morgan fingerprint density at radius 2 is 1.75 bits per heavy atom. The van der Waals surface area contributed by atoms with Gasteiger partial charge in [-0.15, -0.1) is 0 Å². The third kappa shape index (κ3) is 4.72. The molecule has 0 amide bonds. The number of nitrogens with zero attached hydrogens (tertiary/aromatic N) is 2. The SMILES string of the molecule is CN=C(NCCS(=O)(=O)c1ccc(C(C)(C)C)cc1)N1CCCC1. The lowest BCUT2D eigenvalue weighted by atomic mass is 9.87. The van der Waals surface area contributed by atoms with Crippen molar-refractivity contribution in [2.24, 2.45) is 4.99 Å². The molecule has 1 N–H and O–H groups in total. The van der Waals surface area contributed by atoms with Crippen molar-refractivity contribution in [2.45, 2.75) is 43.9 Å². The highest BCUT2D eigenvalue weighted by atomic mass is 32.2. The van der Waals surface area contributed by atoms with Crippen LogP contribution < -0.4 is 5.32 Å². The van der Waals surface area contributed by atoms with E-state index in [0.29, 0.717) is 11.4 Å². The van der Waals surface area contributed by atoms with Gasteiger partial charge in [0.2, 0.25) is 0 Å². The summed E-state index contributed by atoms with van der Waals surface area (Å²) in [6.07, 6.45) is 2.33. The molecular formula is C18H29N3O2S. The summed E-state index contributed by atoms with van der Waals surface area (Å²) in [4.78, 5) is 6.79. The van der Waals surface area contributed by atoms with Crippen LogP contribution in [-0.2, 0) is 15.3 Å². The van der Waals surface area contributed by atoms with Gasteiger partial charge in [-0.1, -0.05) is 32.9 Å². The highest BCUT2D eigenvalue weighted by Gasteiger charge is 2.19. The van der Waals surface area contributed by atoms with Crippen LogP contribution in [0, 0.1) is 0 Å². The summed E-state index contributed by atoms with van der Waals surface area (Å²) in [6.45, 7) is 8.69. The number of guanidine groups is 1. The maximum Gasteiger partial charge on any atom is 0.193 e. The molecule has 0 atom stereocenters. The normalized spacial score (nSPS) is 16.5. The first-order valence-electron chi connectivity index (χ1n) is 8.53. The Morgan fingerprint density at radius 3 is 2.25 bits per heavy atom. The average Bonchev–Trinajstić information content (AvgIpc) is 3.05. The van der Waals surface area contributed by atoms with Crippen molar-refractivity contribution in [1.29, 1.82) is 0 Å². The van der Waals surface area contributed by atoms with Crippen molar-refractivity contribution >= 4 is 15.8 Å². The van der Waals surface area contributed by atoms with Gasteiger partial charge in [-0.25, -0.2) is 8.42 Å². The van der Waals surface area contributed by atoms with E-state index < -0.39 is 9.84 Å². The predicted molar refractivity (Wildman–Crippen MR) is 99.4 cm³/mol. The summed E-state index contributed by atoms with van der Waals surface area (Å²) in [7, 11) is -1.55. The fourth-order valence-corrected chi connectivity index (χ4v) is 4.00. The van der Waals surface area contributed by atoms with E-state index in [1.54, 1.807) is 19.2 Å². The molecule has 1 heterocycles. The second-order valence-electron chi connectivity index (χ2n) is 7.26. The Hall–Kier alpha value is -1.56. The number of likely N-dealkylation sites (tertiary alicyclic amines) is 1. The van der Waals surface area contributed by atoms with Gasteiger partial charge in [-0.3, -0.25) is 4.99 Å². The van der Waals surface area contributed by atoms with E-state index in [9.17, 15) is 8.42 Å². The van der Waals surface area contributed by atoms with Crippen LogP contribution in [0.5, 0.6) is 0 Å². The van der Waals surface area contributed by atoms with E-state index in [1.807, 2.05) is 12.1 Å². The Morgan fingerprint density at radius 1 is 1.17 bits per heavy atom. The minimum absolute atomic E-state index is 0.0199. The van der Waals surface area contributed by atoms with Crippen LogP contribution in [0.1, 0.15) is 39.2 Å². The molecule has 0 saturated carbocycles. The number of rotatable bonds is 4. The van der Waals surface area contributed by atoms with Crippen LogP contribution in [0.25, 0.3) is 0 Å². The number of hydrogen-bond acceptors (Lipinski definition) is 3. The molecule has 5 nitrogen and oxygen atoms in total. The maximum absolute atomic E-state index is 12.5. The Balaban J connectivity index is 1.96. The first-order valence-corrected chi connectivity index (χ1v) is 10.2. The smallest absolute Gasteiger partial charge is 0.193 e. The van der Waals surface area contributed by atoms with Crippen molar-refractivity contribution in [2.75, 3.05) is 32.4 Å². The fraction of sp³-hybridized carbons (Fsp3) is 0.611. The number of nitrogens with one attached hydrogen (secondary N) is 1. The standard InChI is InChI=1S/C18H29N3O2S/c1-18(2,3)15-7-9-16(10-8-15)24(22,23)14-11-20-17(19-4)21-12-5-6-13-21/h7-10H,5-6,11-14H2,1-4H3,(H,19,20). The summed E-state index contributed by atoms with van der Waals surface area (Å²) in [5.41, 5.74) is 1.15. The molecular weight excluding hydrogens is 322 g/mol. The number of benzene rings is 1. The van der Waals surface area contributed by atoms with Crippen molar-refractivity contribution in [3.63, 3.8) is 0 Å². The lowest BCUT2D eigenvalue weighted by molar-refractivity contribution is 0.496. The Kier molecular flexibility index (Phi) is 5.91.